The van der Waals surface area contributed by atoms with Crippen LogP contribution in [0.3, 0.4) is 0 Å². The molecule has 21 heavy (non-hydrogen) atoms. The molecule has 2 rings (SSSR count). The molecule has 2 aromatic carbocycles. The first-order chi connectivity index (χ1) is 10.1. The van der Waals surface area contributed by atoms with Crippen LogP contribution < -0.4 is 4.74 Å². The van der Waals surface area contributed by atoms with Gasteiger partial charge in [-0.2, -0.15) is 5.11 Å². The monoisotopic (exact) mass is 284 g/mol. The molecule has 5 heteroatoms. The molecule has 0 saturated heterocycles. The summed E-state index contributed by atoms with van der Waals surface area (Å²) < 4.78 is 5.34. The number of Topliss-reactive ketones (excluding diaryl/α,β-unsaturated/α-hetero) is 1. The van der Waals surface area contributed by atoms with Crippen molar-refractivity contribution in [3.05, 3.63) is 48.0 Å². The van der Waals surface area contributed by atoms with Gasteiger partial charge in [0.1, 0.15) is 11.5 Å². The Morgan fingerprint density at radius 2 is 1.86 bits per heavy atom. The Morgan fingerprint density at radius 3 is 2.48 bits per heavy atom. The van der Waals surface area contributed by atoms with E-state index in [9.17, 15) is 9.90 Å². The highest BCUT2D eigenvalue weighted by Crippen LogP contribution is 2.27. The molecule has 108 valence electrons. The Balaban J connectivity index is 2.23. The van der Waals surface area contributed by atoms with Crippen molar-refractivity contribution in [3.8, 4) is 11.5 Å². The number of hydrogen-bond acceptors (Lipinski definition) is 5. The average molecular weight is 284 g/mol. The third-order valence-electron chi connectivity index (χ3n) is 2.78. The Kier molecular flexibility index (Phi) is 4.66. The highest BCUT2D eigenvalue weighted by Gasteiger charge is 2.07. The molecule has 1 N–H and O–H groups in total. The molecule has 0 spiro atoms. The molecule has 0 aromatic heterocycles. The van der Waals surface area contributed by atoms with Crippen LogP contribution in [0, 0.1) is 0 Å². The molecule has 0 amide bonds. The van der Waals surface area contributed by atoms with Crippen LogP contribution in [0.1, 0.15) is 24.2 Å². The maximum atomic E-state index is 11.5. The lowest BCUT2D eigenvalue weighted by Gasteiger charge is -2.03. The zero-order chi connectivity index (χ0) is 15.2. The summed E-state index contributed by atoms with van der Waals surface area (Å²) in [5, 5.41) is 17.6. The Morgan fingerprint density at radius 1 is 1.14 bits per heavy atom. The molecule has 0 saturated carbocycles. The molecular weight excluding hydrogens is 268 g/mol. The first-order valence-corrected chi connectivity index (χ1v) is 6.58. The molecule has 0 aliphatic rings. The molecule has 0 aliphatic carbocycles. The van der Waals surface area contributed by atoms with Crippen LogP contribution in [0.2, 0.25) is 0 Å². The van der Waals surface area contributed by atoms with Gasteiger partial charge in [-0.15, -0.1) is 5.11 Å². The molecule has 0 aliphatic heterocycles. The van der Waals surface area contributed by atoms with E-state index in [4.69, 9.17) is 4.74 Å². The number of ether oxygens (including phenoxy) is 1. The minimum Gasteiger partial charge on any atom is -0.508 e. The van der Waals surface area contributed by atoms with Crippen molar-refractivity contribution in [1.29, 1.82) is 0 Å². The zero-order valence-corrected chi connectivity index (χ0v) is 11.9. The maximum absolute atomic E-state index is 11.5. The summed E-state index contributed by atoms with van der Waals surface area (Å²) in [5.74, 6) is 0.622. The number of azo groups is 1. The first-order valence-electron chi connectivity index (χ1n) is 6.58. The van der Waals surface area contributed by atoms with Gasteiger partial charge < -0.3 is 9.84 Å². The SMILES string of the molecule is CCOc1ccc(N=Nc2ccc(O)cc2C(C)=O)cc1. The zero-order valence-electron chi connectivity index (χ0n) is 11.9. The van der Waals surface area contributed by atoms with Gasteiger partial charge >= 0.3 is 0 Å². The van der Waals surface area contributed by atoms with Crippen molar-refractivity contribution in [2.75, 3.05) is 6.61 Å². The molecule has 0 bridgehead atoms. The van der Waals surface area contributed by atoms with Crippen LogP contribution in [0.25, 0.3) is 0 Å². The van der Waals surface area contributed by atoms with Gasteiger partial charge in [0.15, 0.2) is 5.78 Å². The second-order valence-corrected chi connectivity index (χ2v) is 4.38. The standard InChI is InChI=1S/C16H16N2O3/c1-3-21-14-7-4-12(5-8-14)17-18-16-9-6-13(20)10-15(16)11(2)19/h4-10,20H,3H2,1-2H3. The Hall–Kier alpha value is -2.69. The van der Waals surface area contributed by atoms with Gasteiger partial charge in [0.2, 0.25) is 0 Å². The predicted octanol–water partition coefficient (Wildman–Crippen LogP) is 4.41. The van der Waals surface area contributed by atoms with Gasteiger partial charge in [-0.3, -0.25) is 4.79 Å². The summed E-state index contributed by atoms with van der Waals surface area (Å²) >= 11 is 0. The lowest BCUT2D eigenvalue weighted by atomic mass is 10.1. The van der Waals surface area contributed by atoms with Crippen molar-refractivity contribution >= 4 is 17.2 Å². The number of aromatic hydroxyl groups is 1. The van der Waals surface area contributed by atoms with Crippen LogP contribution in [0.5, 0.6) is 11.5 Å². The summed E-state index contributed by atoms with van der Waals surface area (Å²) in [6, 6.07) is 11.6. The number of nitrogens with zero attached hydrogens (tertiary/aromatic N) is 2. The average Bonchev–Trinajstić information content (AvgIpc) is 2.47. The Bertz CT molecular complexity index is 664. The van der Waals surface area contributed by atoms with Crippen LogP contribution in [-0.4, -0.2) is 17.5 Å². The summed E-state index contributed by atoms with van der Waals surface area (Å²) in [5.41, 5.74) is 1.42. The maximum Gasteiger partial charge on any atom is 0.162 e. The molecule has 0 fully saturated rings. The number of hydrogen-bond donors (Lipinski definition) is 1. The number of carbonyl (C=O) groups is 1. The van der Waals surface area contributed by atoms with Crippen molar-refractivity contribution in [2.45, 2.75) is 13.8 Å². The summed E-state index contributed by atoms with van der Waals surface area (Å²) in [6.07, 6.45) is 0. The minimum atomic E-state index is -0.174. The van der Waals surface area contributed by atoms with Gasteiger partial charge in [-0.1, -0.05) is 0 Å². The van der Waals surface area contributed by atoms with E-state index in [1.807, 2.05) is 6.92 Å². The molecule has 5 nitrogen and oxygen atoms in total. The van der Waals surface area contributed by atoms with E-state index in [0.29, 0.717) is 23.5 Å². The number of carbonyl (C=O) groups excluding carboxylic acids is 1. The Labute approximate surface area is 122 Å². The molecule has 0 radical (unpaired) electrons. The molecule has 0 atom stereocenters. The lowest BCUT2D eigenvalue weighted by molar-refractivity contribution is 0.101. The molecule has 0 unspecified atom stereocenters. The highest BCUT2D eigenvalue weighted by molar-refractivity contribution is 5.99. The molecule has 0 heterocycles. The van der Waals surface area contributed by atoms with Crippen LogP contribution in [0.15, 0.2) is 52.7 Å². The van der Waals surface area contributed by atoms with E-state index >= 15 is 0 Å². The van der Waals surface area contributed by atoms with Crippen molar-refractivity contribution < 1.29 is 14.6 Å². The number of benzene rings is 2. The van der Waals surface area contributed by atoms with Gasteiger partial charge in [0.25, 0.3) is 0 Å². The highest BCUT2D eigenvalue weighted by atomic mass is 16.5. The van der Waals surface area contributed by atoms with Crippen molar-refractivity contribution in [2.24, 2.45) is 10.2 Å². The van der Waals surface area contributed by atoms with Crippen LogP contribution >= 0.6 is 0 Å². The van der Waals surface area contributed by atoms with Crippen molar-refractivity contribution in [1.82, 2.24) is 0 Å². The number of ketones is 1. The second kappa shape index (κ2) is 6.65. The molecule has 2 aromatic rings. The summed E-state index contributed by atoms with van der Waals surface area (Å²) in [6.45, 7) is 3.95. The minimum absolute atomic E-state index is 0.0280. The third-order valence-corrected chi connectivity index (χ3v) is 2.78. The quantitative estimate of drug-likeness (QED) is 0.653. The van der Waals surface area contributed by atoms with E-state index in [2.05, 4.69) is 10.2 Å². The van der Waals surface area contributed by atoms with Crippen LogP contribution in [-0.2, 0) is 0 Å². The van der Waals surface area contributed by atoms with E-state index < -0.39 is 0 Å². The second-order valence-electron chi connectivity index (χ2n) is 4.38. The number of phenols is 1. The van der Waals surface area contributed by atoms with E-state index in [-0.39, 0.29) is 11.5 Å². The van der Waals surface area contributed by atoms with E-state index in [1.165, 1.54) is 19.1 Å². The largest absolute Gasteiger partial charge is 0.508 e. The fourth-order valence-corrected chi connectivity index (χ4v) is 1.78. The third kappa shape index (κ3) is 3.89. The van der Waals surface area contributed by atoms with Crippen LogP contribution in [0.4, 0.5) is 11.4 Å². The predicted molar refractivity (Wildman–Crippen MR) is 79.9 cm³/mol. The van der Waals surface area contributed by atoms with Gasteiger partial charge in [-0.05, 0) is 56.3 Å². The number of rotatable bonds is 5. The first kappa shape index (κ1) is 14.7. The number of phenolic OH excluding ortho intramolecular Hbond substituents is 1. The van der Waals surface area contributed by atoms with Crippen molar-refractivity contribution in [3.63, 3.8) is 0 Å². The van der Waals surface area contributed by atoms with Gasteiger partial charge in [0, 0.05) is 5.56 Å². The fourth-order valence-electron chi connectivity index (χ4n) is 1.78. The van der Waals surface area contributed by atoms with Gasteiger partial charge in [0.05, 0.1) is 18.0 Å². The van der Waals surface area contributed by atoms with Gasteiger partial charge in [-0.25, -0.2) is 0 Å². The fraction of sp³-hybridized carbons (Fsp3) is 0.188. The normalized spacial score (nSPS) is 10.8. The smallest absolute Gasteiger partial charge is 0.162 e. The summed E-state index contributed by atoms with van der Waals surface area (Å²) in [7, 11) is 0. The summed E-state index contributed by atoms with van der Waals surface area (Å²) in [4.78, 5) is 11.5. The van der Waals surface area contributed by atoms with E-state index in [0.717, 1.165) is 5.75 Å². The molecular formula is C16H16N2O3. The lowest BCUT2D eigenvalue weighted by Crippen LogP contribution is -1.91. The topological polar surface area (TPSA) is 71.2 Å². The van der Waals surface area contributed by atoms with E-state index in [1.54, 1.807) is 30.3 Å².